The van der Waals surface area contributed by atoms with Gasteiger partial charge in [-0.1, -0.05) is 12.1 Å². The number of nitrogens with two attached hydrogens (primary N) is 1. The van der Waals surface area contributed by atoms with Gasteiger partial charge in [-0.25, -0.2) is 0 Å². The second-order valence-electron chi connectivity index (χ2n) is 5.99. The van der Waals surface area contributed by atoms with Gasteiger partial charge in [0.05, 0.1) is 4.88 Å². The minimum atomic E-state index is -0.0212. The van der Waals surface area contributed by atoms with Gasteiger partial charge in [-0.15, -0.1) is 11.3 Å². The molecule has 1 aliphatic heterocycles. The number of anilines is 1. The Hall–Kier alpha value is -2.34. The van der Waals surface area contributed by atoms with E-state index >= 15 is 0 Å². The van der Waals surface area contributed by atoms with Crippen molar-refractivity contribution >= 4 is 28.8 Å². The molecule has 1 aromatic heterocycles. The van der Waals surface area contributed by atoms with Crippen LogP contribution in [-0.4, -0.2) is 47.8 Å². The topological polar surface area (TPSA) is 66.6 Å². The molecule has 0 spiro atoms. The zero-order valence-electron chi connectivity index (χ0n) is 13.7. The van der Waals surface area contributed by atoms with Gasteiger partial charge in [0.1, 0.15) is 0 Å². The van der Waals surface area contributed by atoms with Crippen molar-refractivity contribution in [3.05, 3.63) is 51.7 Å². The van der Waals surface area contributed by atoms with E-state index in [1.807, 2.05) is 46.4 Å². The highest BCUT2D eigenvalue weighted by Crippen LogP contribution is 2.17. The summed E-state index contributed by atoms with van der Waals surface area (Å²) in [6.45, 7) is 4.36. The summed E-state index contributed by atoms with van der Waals surface area (Å²) in [5.41, 5.74) is 8.12. The number of carbonyl (C=O) groups excluding carboxylic acids is 2. The SMILES string of the molecule is Cc1ccc(C(=O)N2CCCN(C(=O)c3cccs3)CC2)cc1N. The van der Waals surface area contributed by atoms with Gasteiger partial charge in [0.15, 0.2) is 0 Å². The summed E-state index contributed by atoms with van der Waals surface area (Å²) < 4.78 is 0. The van der Waals surface area contributed by atoms with Crippen LogP contribution >= 0.6 is 11.3 Å². The number of nitrogens with zero attached hydrogens (tertiary/aromatic N) is 2. The van der Waals surface area contributed by atoms with Crippen molar-refractivity contribution in [1.29, 1.82) is 0 Å². The molecule has 0 bridgehead atoms. The fourth-order valence-corrected chi connectivity index (χ4v) is 3.53. The fraction of sp³-hybridized carbons (Fsp3) is 0.333. The maximum absolute atomic E-state index is 12.7. The molecule has 0 unspecified atom stereocenters. The number of hydrogen-bond donors (Lipinski definition) is 1. The van der Waals surface area contributed by atoms with Crippen LogP contribution in [-0.2, 0) is 0 Å². The molecular formula is C18H21N3O2S. The van der Waals surface area contributed by atoms with Gasteiger partial charge in [-0.2, -0.15) is 0 Å². The molecule has 126 valence electrons. The first kappa shape index (κ1) is 16.5. The van der Waals surface area contributed by atoms with E-state index in [-0.39, 0.29) is 11.8 Å². The van der Waals surface area contributed by atoms with Crippen molar-refractivity contribution in [3.8, 4) is 0 Å². The van der Waals surface area contributed by atoms with E-state index in [0.717, 1.165) is 16.9 Å². The van der Waals surface area contributed by atoms with Crippen LogP contribution in [0.25, 0.3) is 0 Å². The average Bonchev–Trinajstić information content (AvgIpc) is 3.00. The van der Waals surface area contributed by atoms with E-state index in [2.05, 4.69) is 0 Å². The molecule has 5 nitrogen and oxygen atoms in total. The Morgan fingerprint density at radius 3 is 2.38 bits per heavy atom. The van der Waals surface area contributed by atoms with Crippen molar-refractivity contribution in [2.75, 3.05) is 31.9 Å². The normalized spacial score (nSPS) is 15.2. The van der Waals surface area contributed by atoms with Crippen molar-refractivity contribution in [2.45, 2.75) is 13.3 Å². The highest BCUT2D eigenvalue weighted by Gasteiger charge is 2.24. The van der Waals surface area contributed by atoms with Gasteiger partial charge in [-0.05, 0) is 42.5 Å². The number of amides is 2. The molecule has 1 fully saturated rings. The third-order valence-electron chi connectivity index (χ3n) is 4.33. The fourth-order valence-electron chi connectivity index (χ4n) is 2.84. The summed E-state index contributed by atoms with van der Waals surface area (Å²) in [4.78, 5) is 29.5. The quantitative estimate of drug-likeness (QED) is 0.853. The summed E-state index contributed by atoms with van der Waals surface area (Å²) in [7, 11) is 0. The molecule has 0 atom stereocenters. The first-order valence-corrected chi connectivity index (χ1v) is 8.92. The molecule has 24 heavy (non-hydrogen) atoms. The number of rotatable bonds is 2. The molecule has 1 saturated heterocycles. The molecule has 0 saturated carbocycles. The number of aryl methyl sites for hydroxylation is 1. The van der Waals surface area contributed by atoms with E-state index in [0.29, 0.717) is 37.4 Å². The third kappa shape index (κ3) is 3.43. The zero-order chi connectivity index (χ0) is 17.1. The Kier molecular flexibility index (Phi) is 4.85. The Morgan fingerprint density at radius 2 is 1.75 bits per heavy atom. The maximum Gasteiger partial charge on any atom is 0.263 e. The van der Waals surface area contributed by atoms with Gasteiger partial charge < -0.3 is 15.5 Å². The Balaban J connectivity index is 1.67. The van der Waals surface area contributed by atoms with Crippen LogP contribution in [0.3, 0.4) is 0 Å². The molecule has 0 aliphatic carbocycles. The highest BCUT2D eigenvalue weighted by molar-refractivity contribution is 7.12. The number of hydrogen-bond acceptors (Lipinski definition) is 4. The lowest BCUT2D eigenvalue weighted by Crippen LogP contribution is -2.37. The van der Waals surface area contributed by atoms with Crippen molar-refractivity contribution in [2.24, 2.45) is 0 Å². The highest BCUT2D eigenvalue weighted by atomic mass is 32.1. The van der Waals surface area contributed by atoms with Crippen LogP contribution in [0.2, 0.25) is 0 Å². The van der Waals surface area contributed by atoms with Gasteiger partial charge in [0, 0.05) is 37.4 Å². The van der Waals surface area contributed by atoms with Crippen LogP contribution in [0.1, 0.15) is 32.0 Å². The summed E-state index contributed by atoms with van der Waals surface area (Å²) in [6.07, 6.45) is 0.782. The largest absolute Gasteiger partial charge is 0.398 e. The molecule has 2 amide bonds. The Bertz CT molecular complexity index is 743. The summed E-state index contributed by atoms with van der Waals surface area (Å²) in [5.74, 6) is 0.0333. The minimum absolute atomic E-state index is 0.0212. The van der Waals surface area contributed by atoms with Gasteiger partial charge in [0.2, 0.25) is 0 Å². The van der Waals surface area contributed by atoms with Crippen LogP contribution in [0.5, 0.6) is 0 Å². The average molecular weight is 343 g/mol. The first-order chi connectivity index (χ1) is 11.6. The third-order valence-corrected chi connectivity index (χ3v) is 5.19. The summed E-state index contributed by atoms with van der Waals surface area (Å²) in [5, 5.41) is 1.91. The number of carbonyl (C=O) groups is 2. The first-order valence-electron chi connectivity index (χ1n) is 8.04. The summed E-state index contributed by atoms with van der Waals surface area (Å²) >= 11 is 1.45. The van der Waals surface area contributed by atoms with Crippen molar-refractivity contribution in [3.63, 3.8) is 0 Å². The van der Waals surface area contributed by atoms with Crippen LogP contribution < -0.4 is 5.73 Å². The molecule has 0 radical (unpaired) electrons. The van der Waals surface area contributed by atoms with Crippen LogP contribution in [0.15, 0.2) is 35.7 Å². The molecule has 1 aliphatic rings. The molecule has 2 heterocycles. The second-order valence-corrected chi connectivity index (χ2v) is 6.93. The van der Waals surface area contributed by atoms with Gasteiger partial charge in [0.25, 0.3) is 11.8 Å². The number of benzene rings is 1. The van der Waals surface area contributed by atoms with E-state index < -0.39 is 0 Å². The van der Waals surface area contributed by atoms with E-state index in [4.69, 9.17) is 5.73 Å². The predicted molar refractivity (Wildman–Crippen MR) is 96.3 cm³/mol. The lowest BCUT2D eigenvalue weighted by atomic mass is 10.1. The van der Waals surface area contributed by atoms with Crippen molar-refractivity contribution in [1.82, 2.24) is 9.80 Å². The molecule has 3 rings (SSSR count). The molecule has 1 aromatic carbocycles. The van der Waals surface area contributed by atoms with Crippen LogP contribution in [0.4, 0.5) is 5.69 Å². The van der Waals surface area contributed by atoms with E-state index in [1.54, 1.807) is 6.07 Å². The second kappa shape index (κ2) is 7.05. The molecule has 2 N–H and O–H groups in total. The zero-order valence-corrected chi connectivity index (χ0v) is 14.5. The van der Waals surface area contributed by atoms with Crippen molar-refractivity contribution < 1.29 is 9.59 Å². The lowest BCUT2D eigenvalue weighted by Gasteiger charge is -2.22. The predicted octanol–water partition coefficient (Wildman–Crippen LogP) is 2.63. The van der Waals surface area contributed by atoms with Crippen LogP contribution in [0, 0.1) is 6.92 Å². The molecule has 6 heteroatoms. The van der Waals surface area contributed by atoms with Gasteiger partial charge in [-0.3, -0.25) is 9.59 Å². The van der Waals surface area contributed by atoms with Gasteiger partial charge >= 0.3 is 0 Å². The summed E-state index contributed by atoms with van der Waals surface area (Å²) in [6, 6.07) is 9.14. The number of nitrogen functional groups attached to an aromatic ring is 1. The standard InChI is InChI=1S/C18H21N3O2S/c1-13-5-6-14(12-15(13)19)17(22)20-7-3-8-21(10-9-20)18(23)16-4-2-11-24-16/h2,4-6,11-12H,3,7-10,19H2,1H3. The van der Waals surface area contributed by atoms with E-state index in [9.17, 15) is 9.59 Å². The Labute approximate surface area is 145 Å². The Morgan fingerprint density at radius 1 is 1.04 bits per heavy atom. The van der Waals surface area contributed by atoms with E-state index in [1.165, 1.54) is 11.3 Å². The molecular weight excluding hydrogens is 322 g/mol. The minimum Gasteiger partial charge on any atom is -0.398 e. The maximum atomic E-state index is 12.7. The lowest BCUT2D eigenvalue weighted by molar-refractivity contribution is 0.0721. The smallest absolute Gasteiger partial charge is 0.263 e. The monoisotopic (exact) mass is 343 g/mol. The molecule has 2 aromatic rings. The number of thiophene rings is 1.